The van der Waals surface area contributed by atoms with E-state index in [4.69, 9.17) is 5.26 Å². The number of allylic oxidation sites excluding steroid dienone is 2. The van der Waals surface area contributed by atoms with Crippen LogP contribution in [0.15, 0.2) is 11.6 Å². The van der Waals surface area contributed by atoms with Crippen LogP contribution in [0.4, 0.5) is 0 Å². The second kappa shape index (κ2) is 1.60. The first-order valence-electron chi connectivity index (χ1n) is 3.52. The average Bonchev–Trinajstić information content (AvgIpc) is 2.45. The third-order valence-corrected chi connectivity index (χ3v) is 2.46. The third kappa shape index (κ3) is 0.595. The van der Waals surface area contributed by atoms with Gasteiger partial charge in [-0.15, -0.1) is 0 Å². The smallest absolute Gasteiger partial charge is 0.0946 e. The molecule has 1 heteroatoms. The Labute approximate surface area is 55.0 Å². The molecule has 2 aliphatic carbocycles. The highest BCUT2D eigenvalue weighted by Gasteiger charge is 2.32. The van der Waals surface area contributed by atoms with Gasteiger partial charge in [0.2, 0.25) is 0 Å². The number of fused-ring (bicyclic) bond motifs is 2. The van der Waals surface area contributed by atoms with Crippen LogP contribution in [-0.4, -0.2) is 0 Å². The molecule has 0 amide bonds. The van der Waals surface area contributed by atoms with E-state index in [1.807, 2.05) is 0 Å². The molecule has 0 aromatic carbocycles. The highest BCUT2D eigenvalue weighted by atomic mass is 14.4. The van der Waals surface area contributed by atoms with Crippen LogP contribution in [0.5, 0.6) is 0 Å². The molecule has 0 aromatic rings. The standard InChI is InChI=1S/C8H9N/c9-5-8-4-6-1-2-7(8)3-6/h4,6-7H,1-3H2. The summed E-state index contributed by atoms with van der Waals surface area (Å²) in [7, 11) is 0. The Morgan fingerprint density at radius 3 is 2.78 bits per heavy atom. The van der Waals surface area contributed by atoms with Gasteiger partial charge in [-0.3, -0.25) is 0 Å². The molecule has 0 radical (unpaired) electrons. The topological polar surface area (TPSA) is 23.8 Å². The molecule has 0 spiro atoms. The van der Waals surface area contributed by atoms with E-state index in [1.165, 1.54) is 19.3 Å². The molecule has 9 heavy (non-hydrogen) atoms. The SMILES string of the molecule is N#CC1=CC2CCC1C2. The van der Waals surface area contributed by atoms with Crippen molar-refractivity contribution in [3.8, 4) is 6.07 Å². The summed E-state index contributed by atoms with van der Waals surface area (Å²) in [5.41, 5.74) is 1.06. The van der Waals surface area contributed by atoms with Gasteiger partial charge < -0.3 is 0 Å². The Balaban J connectivity index is 2.30. The van der Waals surface area contributed by atoms with Gasteiger partial charge in [0.1, 0.15) is 0 Å². The van der Waals surface area contributed by atoms with Crippen LogP contribution >= 0.6 is 0 Å². The van der Waals surface area contributed by atoms with E-state index in [2.05, 4.69) is 12.1 Å². The summed E-state index contributed by atoms with van der Waals surface area (Å²) in [6.45, 7) is 0. The summed E-state index contributed by atoms with van der Waals surface area (Å²) >= 11 is 0. The molecule has 0 saturated heterocycles. The predicted octanol–water partition coefficient (Wildman–Crippen LogP) is 1.87. The van der Waals surface area contributed by atoms with Crippen molar-refractivity contribution in [3.05, 3.63) is 11.6 Å². The average molecular weight is 119 g/mol. The van der Waals surface area contributed by atoms with Gasteiger partial charge in [0, 0.05) is 5.57 Å². The lowest BCUT2D eigenvalue weighted by Gasteiger charge is -2.03. The van der Waals surface area contributed by atoms with Gasteiger partial charge in [0.05, 0.1) is 6.07 Å². The molecule has 1 saturated carbocycles. The van der Waals surface area contributed by atoms with Gasteiger partial charge in [-0.25, -0.2) is 0 Å². The van der Waals surface area contributed by atoms with Crippen LogP contribution in [0, 0.1) is 23.2 Å². The lowest BCUT2D eigenvalue weighted by Crippen LogP contribution is -1.93. The summed E-state index contributed by atoms with van der Waals surface area (Å²) < 4.78 is 0. The molecule has 0 heterocycles. The molecule has 46 valence electrons. The maximum atomic E-state index is 8.57. The minimum Gasteiger partial charge on any atom is -0.193 e. The van der Waals surface area contributed by atoms with E-state index in [0.717, 1.165) is 11.5 Å². The normalized spacial score (nSPS) is 38.3. The van der Waals surface area contributed by atoms with E-state index in [1.54, 1.807) is 0 Å². The first kappa shape index (κ1) is 5.05. The monoisotopic (exact) mass is 119 g/mol. The Hall–Kier alpha value is -0.770. The van der Waals surface area contributed by atoms with Crippen molar-refractivity contribution in [2.75, 3.05) is 0 Å². The van der Waals surface area contributed by atoms with Gasteiger partial charge >= 0.3 is 0 Å². The fraction of sp³-hybridized carbons (Fsp3) is 0.625. The molecule has 1 nitrogen and oxygen atoms in total. The van der Waals surface area contributed by atoms with Crippen molar-refractivity contribution in [2.24, 2.45) is 11.8 Å². The largest absolute Gasteiger partial charge is 0.193 e. The van der Waals surface area contributed by atoms with E-state index >= 15 is 0 Å². The fourth-order valence-electron chi connectivity index (χ4n) is 1.97. The lowest BCUT2D eigenvalue weighted by molar-refractivity contribution is 0.674. The summed E-state index contributed by atoms with van der Waals surface area (Å²) in [4.78, 5) is 0. The van der Waals surface area contributed by atoms with Crippen molar-refractivity contribution in [2.45, 2.75) is 19.3 Å². The quantitative estimate of drug-likeness (QED) is 0.477. The Morgan fingerprint density at radius 1 is 1.56 bits per heavy atom. The van der Waals surface area contributed by atoms with Gasteiger partial charge in [0.25, 0.3) is 0 Å². The zero-order valence-electron chi connectivity index (χ0n) is 5.30. The first-order chi connectivity index (χ1) is 4.40. The van der Waals surface area contributed by atoms with Crippen molar-refractivity contribution in [1.82, 2.24) is 0 Å². The molecule has 0 aliphatic heterocycles. The molecule has 0 aromatic heterocycles. The zero-order valence-corrected chi connectivity index (χ0v) is 5.30. The maximum absolute atomic E-state index is 8.57. The lowest BCUT2D eigenvalue weighted by atomic mass is 10.0. The molecule has 0 N–H and O–H groups in total. The summed E-state index contributed by atoms with van der Waals surface area (Å²) in [6.07, 6.45) is 6.02. The Morgan fingerprint density at radius 2 is 2.44 bits per heavy atom. The van der Waals surface area contributed by atoms with Gasteiger partial charge in [0.15, 0.2) is 0 Å². The van der Waals surface area contributed by atoms with Crippen LogP contribution in [0.1, 0.15) is 19.3 Å². The summed E-state index contributed by atoms with van der Waals surface area (Å²) in [5.74, 6) is 1.42. The second-order valence-corrected chi connectivity index (χ2v) is 3.00. The Bertz CT molecular complexity index is 197. The van der Waals surface area contributed by atoms with E-state index in [0.29, 0.717) is 5.92 Å². The minimum absolute atomic E-state index is 0.653. The highest BCUT2D eigenvalue weighted by molar-refractivity contribution is 5.31. The molecule has 2 bridgehead atoms. The van der Waals surface area contributed by atoms with Gasteiger partial charge in [-0.2, -0.15) is 5.26 Å². The highest BCUT2D eigenvalue weighted by Crippen LogP contribution is 2.42. The van der Waals surface area contributed by atoms with Crippen molar-refractivity contribution >= 4 is 0 Å². The summed E-state index contributed by atoms with van der Waals surface area (Å²) in [5, 5.41) is 8.57. The number of hydrogen-bond acceptors (Lipinski definition) is 1. The van der Waals surface area contributed by atoms with Crippen molar-refractivity contribution in [3.63, 3.8) is 0 Å². The van der Waals surface area contributed by atoms with E-state index in [9.17, 15) is 0 Å². The molecule has 1 fully saturated rings. The number of nitriles is 1. The third-order valence-electron chi connectivity index (χ3n) is 2.46. The van der Waals surface area contributed by atoms with Crippen molar-refractivity contribution < 1.29 is 0 Å². The second-order valence-electron chi connectivity index (χ2n) is 3.00. The van der Waals surface area contributed by atoms with E-state index < -0.39 is 0 Å². The van der Waals surface area contributed by atoms with Gasteiger partial charge in [-0.1, -0.05) is 6.08 Å². The number of rotatable bonds is 0. The minimum atomic E-state index is 0.653. The Kier molecular flexibility index (Phi) is 0.900. The first-order valence-corrected chi connectivity index (χ1v) is 3.52. The van der Waals surface area contributed by atoms with Crippen molar-refractivity contribution in [1.29, 1.82) is 5.26 Å². The molecule has 2 rings (SSSR count). The molecule has 2 aliphatic rings. The molecule has 2 atom stereocenters. The summed E-state index contributed by atoms with van der Waals surface area (Å²) in [6, 6.07) is 2.26. The zero-order chi connectivity index (χ0) is 6.27. The van der Waals surface area contributed by atoms with Crippen LogP contribution in [0.2, 0.25) is 0 Å². The van der Waals surface area contributed by atoms with Crippen LogP contribution < -0.4 is 0 Å². The number of nitrogens with zero attached hydrogens (tertiary/aromatic N) is 1. The van der Waals surface area contributed by atoms with Gasteiger partial charge in [-0.05, 0) is 31.1 Å². The van der Waals surface area contributed by atoms with Crippen LogP contribution in [0.3, 0.4) is 0 Å². The molecule has 2 unspecified atom stereocenters. The maximum Gasteiger partial charge on any atom is 0.0946 e. The molecular formula is C8H9N. The fourth-order valence-corrected chi connectivity index (χ4v) is 1.97. The van der Waals surface area contributed by atoms with Crippen LogP contribution in [-0.2, 0) is 0 Å². The van der Waals surface area contributed by atoms with E-state index in [-0.39, 0.29) is 0 Å². The predicted molar refractivity (Wildman–Crippen MR) is 34.5 cm³/mol. The molecular weight excluding hydrogens is 110 g/mol. The van der Waals surface area contributed by atoms with Crippen LogP contribution in [0.25, 0.3) is 0 Å². The number of hydrogen-bond donors (Lipinski definition) is 0.